The Morgan fingerprint density at radius 1 is 1.00 bits per heavy atom. The summed E-state index contributed by atoms with van der Waals surface area (Å²) < 4.78 is 13.0. The van der Waals surface area contributed by atoms with Gasteiger partial charge in [-0.1, -0.05) is 42.5 Å². The van der Waals surface area contributed by atoms with Crippen LogP contribution in [-0.4, -0.2) is 46.8 Å². The first kappa shape index (κ1) is 19.6. The molecule has 2 fully saturated rings. The van der Waals surface area contributed by atoms with Gasteiger partial charge >= 0.3 is 0 Å². The average Bonchev–Trinajstić information content (AvgIpc) is 3.02. The molecule has 29 heavy (non-hydrogen) atoms. The van der Waals surface area contributed by atoms with Crippen molar-refractivity contribution in [3.05, 3.63) is 71.5 Å². The van der Waals surface area contributed by atoms with E-state index in [4.69, 9.17) is 0 Å². The number of hydrogen-bond acceptors (Lipinski definition) is 2. The lowest BCUT2D eigenvalue weighted by molar-refractivity contribution is -0.144. The van der Waals surface area contributed by atoms with Crippen molar-refractivity contribution in [2.45, 2.75) is 50.6 Å². The number of benzene rings is 2. The number of nitrogens with zero attached hydrogens (tertiary/aromatic N) is 2. The van der Waals surface area contributed by atoms with Gasteiger partial charge in [0.15, 0.2) is 0 Å². The van der Waals surface area contributed by atoms with E-state index in [1.54, 1.807) is 12.1 Å². The van der Waals surface area contributed by atoms with E-state index in [1.807, 2.05) is 47.1 Å². The number of fused-ring (bicyclic) bond motifs is 2. The summed E-state index contributed by atoms with van der Waals surface area (Å²) >= 11 is 0. The monoisotopic (exact) mass is 394 g/mol. The highest BCUT2D eigenvalue weighted by atomic mass is 19.1. The quantitative estimate of drug-likeness (QED) is 0.775. The number of aryl methyl sites for hydroxylation is 1. The summed E-state index contributed by atoms with van der Waals surface area (Å²) in [5.41, 5.74) is 2.00. The molecule has 3 unspecified atom stereocenters. The summed E-state index contributed by atoms with van der Waals surface area (Å²) in [5.74, 6) is -0.142. The van der Waals surface area contributed by atoms with Crippen LogP contribution in [0.25, 0.3) is 0 Å². The Morgan fingerprint density at radius 2 is 1.62 bits per heavy atom. The zero-order valence-corrected chi connectivity index (χ0v) is 16.8. The van der Waals surface area contributed by atoms with E-state index in [1.165, 1.54) is 12.1 Å². The molecule has 0 aromatic heterocycles. The Hall–Kier alpha value is -2.69. The maximum absolute atomic E-state index is 13.0. The molecule has 2 bridgehead atoms. The summed E-state index contributed by atoms with van der Waals surface area (Å²) in [4.78, 5) is 29.9. The molecule has 2 saturated heterocycles. The SMILES string of the molecule is CC(C(=O)N1CC2CCC(C1)N2C(=O)CCc1ccc(F)cc1)c1ccccc1. The third kappa shape index (κ3) is 4.19. The lowest BCUT2D eigenvalue weighted by Gasteiger charge is -2.42. The molecule has 0 saturated carbocycles. The predicted octanol–water partition coefficient (Wildman–Crippen LogP) is 3.76. The van der Waals surface area contributed by atoms with Crippen molar-refractivity contribution in [3.8, 4) is 0 Å². The third-order valence-corrected chi connectivity index (χ3v) is 6.29. The topological polar surface area (TPSA) is 40.6 Å². The second-order valence-corrected chi connectivity index (χ2v) is 8.19. The smallest absolute Gasteiger partial charge is 0.229 e. The van der Waals surface area contributed by atoms with Crippen LogP contribution in [0.2, 0.25) is 0 Å². The molecule has 2 heterocycles. The van der Waals surface area contributed by atoms with Crippen molar-refractivity contribution in [1.82, 2.24) is 9.80 Å². The van der Waals surface area contributed by atoms with Gasteiger partial charge in [0.1, 0.15) is 5.82 Å². The van der Waals surface area contributed by atoms with Crippen molar-refractivity contribution >= 4 is 11.8 Å². The fourth-order valence-corrected chi connectivity index (χ4v) is 4.68. The van der Waals surface area contributed by atoms with Crippen LogP contribution >= 0.6 is 0 Å². The minimum Gasteiger partial charge on any atom is -0.338 e. The molecule has 4 nitrogen and oxygen atoms in total. The van der Waals surface area contributed by atoms with Crippen LogP contribution in [-0.2, 0) is 16.0 Å². The van der Waals surface area contributed by atoms with E-state index in [0.29, 0.717) is 25.9 Å². The largest absolute Gasteiger partial charge is 0.338 e. The highest BCUT2D eigenvalue weighted by Gasteiger charge is 2.44. The molecule has 2 amide bonds. The Kier molecular flexibility index (Phi) is 5.65. The number of piperazine rings is 1. The molecule has 2 aromatic carbocycles. The minimum absolute atomic E-state index is 0.112. The minimum atomic E-state index is -0.261. The van der Waals surface area contributed by atoms with Gasteiger partial charge in [0, 0.05) is 31.6 Å². The number of carbonyl (C=O) groups excluding carboxylic acids is 2. The van der Waals surface area contributed by atoms with Gasteiger partial charge in [0.25, 0.3) is 0 Å². The van der Waals surface area contributed by atoms with Gasteiger partial charge < -0.3 is 9.80 Å². The van der Waals surface area contributed by atoms with Crippen molar-refractivity contribution < 1.29 is 14.0 Å². The van der Waals surface area contributed by atoms with Crippen LogP contribution in [0.5, 0.6) is 0 Å². The molecule has 2 aromatic rings. The highest BCUT2D eigenvalue weighted by molar-refractivity contribution is 5.84. The third-order valence-electron chi connectivity index (χ3n) is 6.29. The van der Waals surface area contributed by atoms with Crippen LogP contribution < -0.4 is 0 Å². The zero-order chi connectivity index (χ0) is 20.4. The fourth-order valence-electron chi connectivity index (χ4n) is 4.68. The zero-order valence-electron chi connectivity index (χ0n) is 16.8. The molecular formula is C24H27FN2O2. The van der Waals surface area contributed by atoms with Crippen LogP contribution in [0.1, 0.15) is 43.2 Å². The number of halogens is 1. The van der Waals surface area contributed by atoms with E-state index in [-0.39, 0.29) is 35.6 Å². The summed E-state index contributed by atoms with van der Waals surface area (Å²) in [6, 6.07) is 16.4. The number of amides is 2. The molecule has 2 aliphatic heterocycles. The fraction of sp³-hybridized carbons (Fsp3) is 0.417. The van der Waals surface area contributed by atoms with Gasteiger partial charge in [-0.2, -0.15) is 0 Å². The number of hydrogen-bond donors (Lipinski definition) is 0. The van der Waals surface area contributed by atoms with Gasteiger partial charge in [-0.25, -0.2) is 4.39 Å². The molecule has 0 spiro atoms. The standard InChI is InChI=1S/C24H27FN2O2/c1-17(19-5-3-2-4-6-19)24(29)26-15-21-12-13-22(16-26)27(21)23(28)14-9-18-7-10-20(25)11-8-18/h2-8,10-11,17,21-22H,9,12-16H2,1H3. The maximum Gasteiger partial charge on any atom is 0.229 e. The first-order valence-electron chi connectivity index (χ1n) is 10.4. The second kappa shape index (κ2) is 8.36. The van der Waals surface area contributed by atoms with E-state index in [9.17, 15) is 14.0 Å². The molecule has 0 aliphatic carbocycles. The van der Waals surface area contributed by atoms with E-state index in [2.05, 4.69) is 0 Å². The molecule has 0 radical (unpaired) electrons. The Balaban J connectivity index is 1.36. The molecule has 3 atom stereocenters. The predicted molar refractivity (Wildman–Crippen MR) is 110 cm³/mol. The first-order valence-corrected chi connectivity index (χ1v) is 10.4. The van der Waals surface area contributed by atoms with Crippen LogP contribution in [0.4, 0.5) is 4.39 Å². The van der Waals surface area contributed by atoms with Crippen LogP contribution in [0, 0.1) is 5.82 Å². The molecular weight excluding hydrogens is 367 g/mol. The van der Waals surface area contributed by atoms with Crippen molar-refractivity contribution in [2.75, 3.05) is 13.1 Å². The van der Waals surface area contributed by atoms with Crippen molar-refractivity contribution in [3.63, 3.8) is 0 Å². The normalized spacial score (nSPS) is 21.9. The maximum atomic E-state index is 13.0. The lowest BCUT2D eigenvalue weighted by Crippen LogP contribution is -2.57. The Morgan fingerprint density at radius 3 is 2.24 bits per heavy atom. The van der Waals surface area contributed by atoms with Crippen molar-refractivity contribution in [2.24, 2.45) is 0 Å². The first-order chi connectivity index (χ1) is 14.0. The van der Waals surface area contributed by atoms with Gasteiger partial charge in [-0.15, -0.1) is 0 Å². The second-order valence-electron chi connectivity index (χ2n) is 8.19. The number of carbonyl (C=O) groups is 2. The van der Waals surface area contributed by atoms with E-state index in [0.717, 1.165) is 24.0 Å². The van der Waals surface area contributed by atoms with Gasteiger partial charge in [-0.05, 0) is 49.4 Å². The lowest BCUT2D eigenvalue weighted by atomic mass is 9.98. The summed E-state index contributed by atoms with van der Waals surface area (Å²) in [6.07, 6.45) is 2.95. The Labute approximate surface area is 171 Å². The van der Waals surface area contributed by atoms with E-state index >= 15 is 0 Å². The molecule has 5 heteroatoms. The molecule has 152 valence electrons. The molecule has 2 aliphatic rings. The van der Waals surface area contributed by atoms with Crippen molar-refractivity contribution in [1.29, 1.82) is 0 Å². The summed E-state index contributed by atoms with van der Waals surface area (Å²) in [5, 5.41) is 0. The summed E-state index contributed by atoms with van der Waals surface area (Å²) in [7, 11) is 0. The highest BCUT2D eigenvalue weighted by Crippen LogP contribution is 2.32. The van der Waals surface area contributed by atoms with E-state index < -0.39 is 0 Å². The van der Waals surface area contributed by atoms with Crippen LogP contribution in [0.3, 0.4) is 0 Å². The van der Waals surface area contributed by atoms with Gasteiger partial charge in [0.2, 0.25) is 11.8 Å². The molecule has 0 N–H and O–H groups in total. The van der Waals surface area contributed by atoms with Gasteiger partial charge in [-0.3, -0.25) is 9.59 Å². The average molecular weight is 394 g/mol. The van der Waals surface area contributed by atoms with Gasteiger partial charge in [0.05, 0.1) is 5.92 Å². The van der Waals surface area contributed by atoms with Crippen LogP contribution in [0.15, 0.2) is 54.6 Å². The number of rotatable bonds is 5. The Bertz CT molecular complexity index is 854. The number of likely N-dealkylation sites (tertiary alicyclic amines) is 1. The molecule has 4 rings (SSSR count). The summed E-state index contributed by atoms with van der Waals surface area (Å²) in [6.45, 7) is 3.20.